The van der Waals surface area contributed by atoms with Crippen molar-refractivity contribution in [2.75, 3.05) is 25.1 Å². The average Bonchev–Trinajstić information content (AvgIpc) is 2.93. The summed E-state index contributed by atoms with van der Waals surface area (Å²) in [6, 6.07) is 15.1. The maximum absolute atomic E-state index is 5.62. The second-order valence-corrected chi connectivity index (χ2v) is 7.98. The molecule has 0 unspecified atom stereocenters. The van der Waals surface area contributed by atoms with Crippen molar-refractivity contribution in [1.82, 2.24) is 0 Å². The third-order valence-electron chi connectivity index (χ3n) is 5.35. The van der Waals surface area contributed by atoms with Gasteiger partial charge < -0.3 is 4.74 Å². The Hall–Kier alpha value is -2.29. The standard InChI is InChI=1S/C24H33N2O/c1-18(2)20-11-10-12-21(19(3)4)24(20)26-16-9-8-15-25(17-26)22-13-6-7-14-23(22)27-5/h6-7,10-14,17-19H,8-9,15-16H2,1-5H3/q+1. The molecule has 3 rings (SSSR count). The molecule has 1 aliphatic rings. The lowest BCUT2D eigenvalue weighted by molar-refractivity contribution is -0.437. The first-order valence-corrected chi connectivity index (χ1v) is 10.2. The quantitative estimate of drug-likeness (QED) is 0.612. The monoisotopic (exact) mass is 365 g/mol. The molecule has 0 aliphatic carbocycles. The number of nitrogens with zero attached hydrogens (tertiary/aromatic N) is 2. The highest BCUT2D eigenvalue weighted by molar-refractivity contribution is 5.80. The molecular formula is C24H33N2O+. The van der Waals surface area contributed by atoms with Gasteiger partial charge in [-0.1, -0.05) is 58.0 Å². The Labute approximate surface area is 164 Å². The predicted octanol–water partition coefficient (Wildman–Crippen LogP) is 5.91. The van der Waals surface area contributed by atoms with Gasteiger partial charge in [-0.3, -0.25) is 0 Å². The van der Waals surface area contributed by atoms with Crippen molar-refractivity contribution in [2.24, 2.45) is 0 Å². The van der Waals surface area contributed by atoms with Crippen LogP contribution >= 0.6 is 0 Å². The smallest absolute Gasteiger partial charge is 0.244 e. The van der Waals surface area contributed by atoms with E-state index in [0.717, 1.165) is 24.5 Å². The van der Waals surface area contributed by atoms with E-state index >= 15 is 0 Å². The van der Waals surface area contributed by atoms with Crippen molar-refractivity contribution >= 4 is 17.7 Å². The van der Waals surface area contributed by atoms with Gasteiger partial charge in [0.1, 0.15) is 5.69 Å². The second-order valence-electron chi connectivity index (χ2n) is 7.98. The van der Waals surface area contributed by atoms with Gasteiger partial charge in [-0.15, -0.1) is 0 Å². The van der Waals surface area contributed by atoms with E-state index in [1.807, 2.05) is 12.1 Å². The van der Waals surface area contributed by atoms with Gasteiger partial charge in [-0.05, 0) is 36.8 Å². The Bertz CT molecular complexity index is 782. The van der Waals surface area contributed by atoms with Crippen molar-refractivity contribution in [2.45, 2.75) is 52.4 Å². The van der Waals surface area contributed by atoms with Crippen molar-refractivity contribution in [1.29, 1.82) is 0 Å². The highest BCUT2D eigenvalue weighted by Crippen LogP contribution is 2.35. The number of hydrogen-bond donors (Lipinski definition) is 0. The van der Waals surface area contributed by atoms with E-state index in [-0.39, 0.29) is 0 Å². The molecule has 27 heavy (non-hydrogen) atoms. The Kier molecular flexibility index (Phi) is 6.20. The molecule has 0 bridgehead atoms. The molecule has 0 radical (unpaired) electrons. The highest BCUT2D eigenvalue weighted by atomic mass is 16.5. The summed E-state index contributed by atoms with van der Waals surface area (Å²) in [6.07, 6.45) is 4.66. The van der Waals surface area contributed by atoms with Crippen LogP contribution in [-0.4, -0.2) is 31.1 Å². The summed E-state index contributed by atoms with van der Waals surface area (Å²) in [5, 5.41) is 0. The molecule has 0 spiro atoms. The number of methoxy groups -OCH3 is 1. The van der Waals surface area contributed by atoms with Gasteiger partial charge in [-0.2, -0.15) is 0 Å². The van der Waals surface area contributed by atoms with Crippen LogP contribution in [-0.2, 0) is 0 Å². The van der Waals surface area contributed by atoms with Crippen LogP contribution in [0.25, 0.3) is 0 Å². The Balaban J connectivity index is 2.14. The topological polar surface area (TPSA) is 15.5 Å². The fourth-order valence-corrected chi connectivity index (χ4v) is 3.91. The zero-order chi connectivity index (χ0) is 19.4. The van der Waals surface area contributed by atoms with E-state index < -0.39 is 0 Å². The van der Waals surface area contributed by atoms with Gasteiger partial charge in [-0.25, -0.2) is 9.48 Å². The molecule has 0 aromatic heterocycles. The average molecular weight is 366 g/mol. The molecule has 0 N–H and O–H groups in total. The molecule has 0 saturated carbocycles. The summed E-state index contributed by atoms with van der Waals surface area (Å²) >= 11 is 0. The fourth-order valence-electron chi connectivity index (χ4n) is 3.91. The molecule has 0 atom stereocenters. The number of rotatable bonds is 5. The van der Waals surface area contributed by atoms with Crippen molar-refractivity contribution in [3.05, 3.63) is 53.6 Å². The molecule has 0 saturated heterocycles. The lowest BCUT2D eigenvalue weighted by atomic mass is 9.92. The Morgan fingerprint density at radius 1 is 0.889 bits per heavy atom. The molecule has 144 valence electrons. The normalized spacial score (nSPS) is 15.1. The third-order valence-corrected chi connectivity index (χ3v) is 5.35. The van der Waals surface area contributed by atoms with E-state index in [9.17, 15) is 0 Å². The number of ether oxygens (including phenoxy) is 1. The summed E-state index contributed by atoms with van der Waals surface area (Å²) in [5.41, 5.74) is 5.39. The van der Waals surface area contributed by atoms with E-state index in [4.69, 9.17) is 4.74 Å². The molecule has 0 amide bonds. The minimum absolute atomic E-state index is 0.495. The zero-order valence-corrected chi connectivity index (χ0v) is 17.4. The van der Waals surface area contributed by atoms with Crippen LogP contribution < -0.4 is 9.64 Å². The summed E-state index contributed by atoms with van der Waals surface area (Å²) in [5.74, 6) is 1.92. The molecule has 2 aromatic carbocycles. The van der Waals surface area contributed by atoms with Gasteiger partial charge >= 0.3 is 0 Å². The van der Waals surface area contributed by atoms with Gasteiger partial charge in [0.15, 0.2) is 11.4 Å². The lowest BCUT2D eigenvalue weighted by Crippen LogP contribution is -2.26. The SMILES string of the molecule is COc1ccccc1N1C=[N+](c2c(C(C)C)cccc2C(C)C)CCCC1. The van der Waals surface area contributed by atoms with Crippen LogP contribution in [0.5, 0.6) is 5.75 Å². The Morgan fingerprint density at radius 2 is 1.56 bits per heavy atom. The maximum atomic E-state index is 5.62. The molecule has 3 nitrogen and oxygen atoms in total. The van der Waals surface area contributed by atoms with Crippen molar-refractivity contribution < 1.29 is 9.31 Å². The van der Waals surface area contributed by atoms with Crippen molar-refractivity contribution in [3.63, 3.8) is 0 Å². The molecule has 0 fully saturated rings. The summed E-state index contributed by atoms with van der Waals surface area (Å²) in [6.45, 7) is 11.2. The fraction of sp³-hybridized carbons (Fsp3) is 0.458. The van der Waals surface area contributed by atoms with Gasteiger partial charge in [0, 0.05) is 11.1 Å². The minimum Gasteiger partial charge on any atom is -0.492 e. The van der Waals surface area contributed by atoms with Crippen LogP contribution in [0.3, 0.4) is 0 Å². The first kappa shape index (κ1) is 19.5. The second kappa shape index (κ2) is 8.60. The molecular weight excluding hydrogens is 332 g/mol. The summed E-state index contributed by atoms with van der Waals surface area (Å²) < 4.78 is 8.10. The number of benzene rings is 2. The van der Waals surface area contributed by atoms with Crippen LogP contribution in [0.4, 0.5) is 11.4 Å². The first-order chi connectivity index (χ1) is 13.0. The van der Waals surface area contributed by atoms with E-state index in [2.05, 4.69) is 73.8 Å². The molecule has 1 heterocycles. The van der Waals surface area contributed by atoms with Gasteiger partial charge in [0.25, 0.3) is 0 Å². The molecule has 2 aromatic rings. The molecule has 1 aliphatic heterocycles. The predicted molar refractivity (Wildman–Crippen MR) is 115 cm³/mol. The lowest BCUT2D eigenvalue weighted by Gasteiger charge is -2.20. The van der Waals surface area contributed by atoms with E-state index in [1.54, 1.807) is 7.11 Å². The Morgan fingerprint density at radius 3 is 2.19 bits per heavy atom. The number of para-hydroxylation sites is 3. The van der Waals surface area contributed by atoms with Crippen LogP contribution in [0.1, 0.15) is 63.5 Å². The van der Waals surface area contributed by atoms with Gasteiger partial charge in [0.05, 0.1) is 20.2 Å². The van der Waals surface area contributed by atoms with E-state index in [0.29, 0.717) is 11.8 Å². The maximum Gasteiger partial charge on any atom is 0.244 e. The largest absolute Gasteiger partial charge is 0.492 e. The van der Waals surface area contributed by atoms with Crippen LogP contribution in [0.2, 0.25) is 0 Å². The van der Waals surface area contributed by atoms with Crippen LogP contribution in [0, 0.1) is 0 Å². The van der Waals surface area contributed by atoms with Gasteiger partial charge in [0.2, 0.25) is 6.34 Å². The van der Waals surface area contributed by atoms with Crippen LogP contribution in [0.15, 0.2) is 42.5 Å². The highest BCUT2D eigenvalue weighted by Gasteiger charge is 2.25. The zero-order valence-electron chi connectivity index (χ0n) is 17.4. The van der Waals surface area contributed by atoms with E-state index in [1.165, 1.54) is 29.7 Å². The molecule has 3 heteroatoms. The summed E-state index contributed by atoms with van der Waals surface area (Å²) in [7, 11) is 1.75. The third kappa shape index (κ3) is 4.18. The summed E-state index contributed by atoms with van der Waals surface area (Å²) in [4.78, 5) is 2.35. The number of hydrogen-bond acceptors (Lipinski definition) is 2. The number of anilines is 1. The first-order valence-electron chi connectivity index (χ1n) is 10.2. The minimum atomic E-state index is 0.495. The van der Waals surface area contributed by atoms with Crippen molar-refractivity contribution in [3.8, 4) is 5.75 Å².